The number of carbonyl (C=O) groups is 1. The standard InChI is InChI=1S/C18H25FN2O3/c19-16-5-3-4-15(10-16)11-18(14-22)13-21(8-9-24-18)17(23)12-20-6-1-2-7-20/h3-5,10,22H,1-2,6-9,11-14H2/t18-/m0/s1. The molecule has 1 atom stereocenters. The van der Waals surface area contributed by atoms with Crippen LogP contribution in [0.3, 0.4) is 0 Å². The SMILES string of the molecule is O=C(CN1CCCC1)N1CCO[C@@](CO)(Cc2cccc(F)c2)C1. The highest BCUT2D eigenvalue weighted by Gasteiger charge is 2.38. The summed E-state index contributed by atoms with van der Waals surface area (Å²) in [5, 5.41) is 9.89. The zero-order valence-corrected chi connectivity index (χ0v) is 13.9. The minimum Gasteiger partial charge on any atom is -0.393 e. The molecule has 2 fully saturated rings. The van der Waals surface area contributed by atoms with E-state index in [1.54, 1.807) is 11.0 Å². The van der Waals surface area contributed by atoms with E-state index in [4.69, 9.17) is 4.74 Å². The van der Waals surface area contributed by atoms with Crippen LogP contribution in [-0.2, 0) is 16.0 Å². The van der Waals surface area contributed by atoms with Crippen LogP contribution in [0, 0.1) is 5.82 Å². The number of hydrogen-bond donors (Lipinski definition) is 1. The molecule has 0 bridgehead atoms. The summed E-state index contributed by atoms with van der Waals surface area (Å²) >= 11 is 0. The molecule has 2 aliphatic heterocycles. The molecule has 1 aromatic carbocycles. The fraction of sp³-hybridized carbons (Fsp3) is 0.611. The molecule has 0 radical (unpaired) electrons. The van der Waals surface area contributed by atoms with Gasteiger partial charge in [0.05, 0.1) is 26.3 Å². The predicted octanol–water partition coefficient (Wildman–Crippen LogP) is 1.05. The van der Waals surface area contributed by atoms with E-state index >= 15 is 0 Å². The molecule has 1 aromatic rings. The largest absolute Gasteiger partial charge is 0.393 e. The van der Waals surface area contributed by atoms with Crippen LogP contribution in [0.2, 0.25) is 0 Å². The van der Waals surface area contributed by atoms with Gasteiger partial charge in [0.1, 0.15) is 11.4 Å². The lowest BCUT2D eigenvalue weighted by molar-refractivity contribution is -0.158. The van der Waals surface area contributed by atoms with Gasteiger partial charge in [-0.15, -0.1) is 0 Å². The highest BCUT2D eigenvalue weighted by atomic mass is 19.1. The Bertz CT molecular complexity index is 577. The number of nitrogens with zero attached hydrogens (tertiary/aromatic N) is 2. The van der Waals surface area contributed by atoms with Crippen molar-refractivity contribution < 1.29 is 19.0 Å². The number of ether oxygens (including phenoxy) is 1. The quantitative estimate of drug-likeness (QED) is 0.873. The molecule has 0 aliphatic carbocycles. The van der Waals surface area contributed by atoms with Crippen molar-refractivity contribution in [3.05, 3.63) is 35.6 Å². The monoisotopic (exact) mass is 336 g/mol. The van der Waals surface area contributed by atoms with E-state index in [2.05, 4.69) is 4.90 Å². The minimum absolute atomic E-state index is 0.0808. The van der Waals surface area contributed by atoms with Gasteiger partial charge in [-0.05, 0) is 43.6 Å². The second-order valence-corrected chi connectivity index (χ2v) is 6.79. The highest BCUT2D eigenvalue weighted by molar-refractivity contribution is 5.78. The Labute approximate surface area is 142 Å². The molecule has 24 heavy (non-hydrogen) atoms. The van der Waals surface area contributed by atoms with Crippen LogP contribution in [0.5, 0.6) is 0 Å². The van der Waals surface area contributed by atoms with Crippen LogP contribution in [0.25, 0.3) is 0 Å². The summed E-state index contributed by atoms with van der Waals surface area (Å²) in [6, 6.07) is 6.30. The number of aliphatic hydroxyl groups is 1. The van der Waals surface area contributed by atoms with Crippen LogP contribution >= 0.6 is 0 Å². The van der Waals surface area contributed by atoms with Crippen LogP contribution in [0.15, 0.2) is 24.3 Å². The number of carbonyl (C=O) groups excluding carboxylic acids is 1. The van der Waals surface area contributed by atoms with Gasteiger partial charge >= 0.3 is 0 Å². The maximum Gasteiger partial charge on any atom is 0.236 e. The second kappa shape index (κ2) is 7.59. The molecule has 1 N–H and O–H groups in total. The number of amides is 1. The van der Waals surface area contributed by atoms with Crippen LogP contribution < -0.4 is 0 Å². The van der Waals surface area contributed by atoms with Crippen molar-refractivity contribution in [3.8, 4) is 0 Å². The Morgan fingerprint density at radius 2 is 2.08 bits per heavy atom. The number of halogens is 1. The Kier molecular flexibility index (Phi) is 5.48. The van der Waals surface area contributed by atoms with Crippen molar-refractivity contribution in [3.63, 3.8) is 0 Å². The van der Waals surface area contributed by atoms with Crippen molar-refractivity contribution in [2.24, 2.45) is 0 Å². The van der Waals surface area contributed by atoms with Gasteiger partial charge in [0.15, 0.2) is 0 Å². The van der Waals surface area contributed by atoms with Crippen molar-refractivity contribution in [2.75, 3.05) is 45.9 Å². The summed E-state index contributed by atoms with van der Waals surface area (Å²) in [6.07, 6.45) is 2.68. The molecule has 5 nitrogen and oxygen atoms in total. The number of hydrogen-bond acceptors (Lipinski definition) is 4. The molecule has 0 aromatic heterocycles. The molecule has 0 unspecified atom stereocenters. The zero-order valence-electron chi connectivity index (χ0n) is 13.9. The van der Waals surface area contributed by atoms with Gasteiger partial charge in [0.2, 0.25) is 5.91 Å². The number of benzene rings is 1. The minimum atomic E-state index is -0.854. The van der Waals surface area contributed by atoms with E-state index in [0.29, 0.717) is 32.7 Å². The Morgan fingerprint density at radius 1 is 1.29 bits per heavy atom. The number of likely N-dealkylation sites (tertiary alicyclic amines) is 1. The average molecular weight is 336 g/mol. The lowest BCUT2D eigenvalue weighted by Gasteiger charge is -2.42. The molecule has 6 heteroatoms. The van der Waals surface area contributed by atoms with Gasteiger partial charge in [0.25, 0.3) is 0 Å². The van der Waals surface area contributed by atoms with Crippen molar-refractivity contribution >= 4 is 5.91 Å². The highest BCUT2D eigenvalue weighted by Crippen LogP contribution is 2.24. The van der Waals surface area contributed by atoms with Gasteiger partial charge in [-0.2, -0.15) is 0 Å². The molecule has 2 saturated heterocycles. The first-order valence-electron chi connectivity index (χ1n) is 8.60. The molecule has 132 valence electrons. The molecule has 2 heterocycles. The van der Waals surface area contributed by atoms with Crippen LogP contribution in [-0.4, -0.2) is 72.4 Å². The molecular weight excluding hydrogens is 311 g/mol. The van der Waals surface area contributed by atoms with Gasteiger partial charge < -0.3 is 14.7 Å². The molecular formula is C18H25FN2O3. The van der Waals surface area contributed by atoms with Crippen molar-refractivity contribution in [2.45, 2.75) is 24.9 Å². The summed E-state index contributed by atoms with van der Waals surface area (Å²) < 4.78 is 19.2. The van der Waals surface area contributed by atoms with Gasteiger partial charge in [-0.1, -0.05) is 12.1 Å². The summed E-state index contributed by atoms with van der Waals surface area (Å²) in [6.45, 7) is 3.46. The van der Waals surface area contributed by atoms with E-state index in [1.807, 2.05) is 6.07 Å². The van der Waals surface area contributed by atoms with Crippen LogP contribution in [0.1, 0.15) is 18.4 Å². The third-order valence-electron chi connectivity index (χ3n) is 4.86. The first kappa shape index (κ1) is 17.3. The van der Waals surface area contributed by atoms with E-state index < -0.39 is 5.60 Å². The van der Waals surface area contributed by atoms with Gasteiger partial charge in [-0.3, -0.25) is 9.69 Å². The summed E-state index contributed by atoms with van der Waals surface area (Å²) in [5.41, 5.74) is -0.0925. The molecule has 3 rings (SSSR count). The normalized spacial score (nSPS) is 25.2. The maximum absolute atomic E-state index is 13.4. The van der Waals surface area contributed by atoms with E-state index in [1.165, 1.54) is 12.1 Å². The fourth-order valence-electron chi connectivity index (χ4n) is 3.57. The first-order chi connectivity index (χ1) is 11.6. The average Bonchev–Trinajstić information content (AvgIpc) is 3.08. The fourth-order valence-corrected chi connectivity index (χ4v) is 3.57. The molecule has 0 spiro atoms. The summed E-state index contributed by atoms with van der Waals surface area (Å²) in [5.74, 6) is -0.226. The van der Waals surface area contributed by atoms with Crippen LogP contribution in [0.4, 0.5) is 4.39 Å². The van der Waals surface area contributed by atoms with Gasteiger partial charge in [-0.25, -0.2) is 4.39 Å². The molecule has 0 saturated carbocycles. The first-order valence-corrected chi connectivity index (χ1v) is 8.60. The Balaban J connectivity index is 1.65. The van der Waals surface area contributed by atoms with Crippen molar-refractivity contribution in [1.29, 1.82) is 0 Å². The van der Waals surface area contributed by atoms with E-state index in [-0.39, 0.29) is 18.3 Å². The number of morpholine rings is 1. The summed E-state index contributed by atoms with van der Waals surface area (Å²) in [4.78, 5) is 16.5. The second-order valence-electron chi connectivity index (χ2n) is 6.79. The topological polar surface area (TPSA) is 53.0 Å². The Hall–Kier alpha value is -1.50. The molecule has 2 aliphatic rings. The lowest BCUT2D eigenvalue weighted by Crippen LogP contribution is -2.58. The summed E-state index contributed by atoms with van der Waals surface area (Å²) in [7, 11) is 0. The maximum atomic E-state index is 13.4. The lowest BCUT2D eigenvalue weighted by atomic mass is 9.93. The third kappa shape index (κ3) is 4.12. The van der Waals surface area contributed by atoms with E-state index in [9.17, 15) is 14.3 Å². The zero-order chi connectivity index (χ0) is 17.0. The Morgan fingerprint density at radius 3 is 2.79 bits per heavy atom. The molecule has 1 amide bonds. The smallest absolute Gasteiger partial charge is 0.236 e. The van der Waals surface area contributed by atoms with Gasteiger partial charge in [0, 0.05) is 13.0 Å². The predicted molar refractivity (Wildman–Crippen MR) is 88.1 cm³/mol. The number of rotatable bonds is 5. The van der Waals surface area contributed by atoms with Crippen molar-refractivity contribution in [1.82, 2.24) is 9.80 Å². The number of aliphatic hydroxyl groups excluding tert-OH is 1. The third-order valence-corrected chi connectivity index (χ3v) is 4.86. The van der Waals surface area contributed by atoms with E-state index in [0.717, 1.165) is 31.5 Å².